The van der Waals surface area contributed by atoms with Gasteiger partial charge < -0.3 is 9.84 Å². The van der Waals surface area contributed by atoms with E-state index in [4.69, 9.17) is 9.84 Å². The van der Waals surface area contributed by atoms with Gasteiger partial charge in [-0.15, -0.1) is 0 Å². The minimum absolute atomic E-state index is 0.0740. The number of aliphatic hydroxyl groups is 1. The molecule has 27 heavy (non-hydrogen) atoms. The zero-order valence-electron chi connectivity index (χ0n) is 14.7. The van der Waals surface area contributed by atoms with E-state index in [0.717, 1.165) is 23.8 Å². The quantitative estimate of drug-likeness (QED) is 0.471. The first-order valence-electron chi connectivity index (χ1n) is 8.98. The van der Waals surface area contributed by atoms with E-state index in [-0.39, 0.29) is 43.5 Å². The number of aliphatic hydroxyl groups excluding tert-OH is 1. The molecule has 6 nitrogen and oxygen atoms in total. The van der Waals surface area contributed by atoms with Crippen LogP contribution >= 0.6 is 0 Å². The van der Waals surface area contributed by atoms with Gasteiger partial charge in [0.2, 0.25) is 5.78 Å². The van der Waals surface area contributed by atoms with E-state index in [9.17, 15) is 9.18 Å². The first kappa shape index (κ1) is 17.8. The number of rotatable bonds is 8. The third-order valence-corrected chi connectivity index (χ3v) is 4.82. The van der Waals surface area contributed by atoms with Gasteiger partial charge in [0.15, 0.2) is 0 Å². The van der Waals surface area contributed by atoms with Gasteiger partial charge in [-0.3, -0.25) is 14.9 Å². The molecule has 1 aliphatic rings. The van der Waals surface area contributed by atoms with Crippen molar-refractivity contribution in [3.05, 3.63) is 58.8 Å². The van der Waals surface area contributed by atoms with Crippen LogP contribution in [0, 0.1) is 5.82 Å². The molecule has 0 bridgehead atoms. The van der Waals surface area contributed by atoms with E-state index in [0.29, 0.717) is 22.6 Å². The van der Waals surface area contributed by atoms with Crippen molar-refractivity contribution >= 4 is 16.7 Å². The number of aromatic amines is 1. The van der Waals surface area contributed by atoms with Crippen LogP contribution in [0.15, 0.2) is 30.6 Å². The van der Waals surface area contributed by atoms with E-state index >= 15 is 0 Å². The van der Waals surface area contributed by atoms with Gasteiger partial charge in [0.1, 0.15) is 18.1 Å². The van der Waals surface area contributed by atoms with E-state index < -0.39 is 0 Å². The maximum Gasteiger partial charge on any atom is 0.207 e. The average Bonchev–Trinajstić information content (AvgIpc) is 3.40. The first-order valence-corrected chi connectivity index (χ1v) is 8.98. The number of pyridine rings is 1. The molecule has 2 aromatic heterocycles. The topological polar surface area (TPSA) is 88.1 Å². The standard InChI is InChI=1S/C20H20FN3O3/c21-17-8-13(12-1-2-12)3-4-14(17)7-16-19-15(10-23-24-19)9-22-20(16)18(26)11-27-6-5-25/h3-4,8-10,12,25H,1-2,5-7,11H2,(H,23,24). The second kappa shape index (κ2) is 7.54. The lowest BCUT2D eigenvalue weighted by molar-refractivity contribution is 0.0659. The second-order valence-electron chi connectivity index (χ2n) is 6.79. The zero-order valence-corrected chi connectivity index (χ0v) is 14.7. The van der Waals surface area contributed by atoms with Crippen LogP contribution in [0.1, 0.15) is 45.9 Å². The van der Waals surface area contributed by atoms with Crippen LogP contribution in [0.2, 0.25) is 0 Å². The maximum atomic E-state index is 14.6. The molecule has 4 rings (SSSR count). The number of ketones is 1. The molecular formula is C20H20FN3O3. The van der Waals surface area contributed by atoms with Gasteiger partial charge in [0.05, 0.1) is 24.9 Å². The second-order valence-corrected chi connectivity index (χ2v) is 6.79. The number of ether oxygens (including phenoxy) is 1. The number of carbonyl (C=O) groups excluding carboxylic acids is 1. The Labute approximate surface area is 155 Å². The van der Waals surface area contributed by atoms with Crippen LogP contribution in [0.4, 0.5) is 4.39 Å². The summed E-state index contributed by atoms with van der Waals surface area (Å²) >= 11 is 0. The number of Topliss-reactive ketones (excluding diaryl/α,β-unsaturated/α-hetero) is 1. The van der Waals surface area contributed by atoms with Gasteiger partial charge in [0, 0.05) is 23.6 Å². The van der Waals surface area contributed by atoms with E-state index in [2.05, 4.69) is 15.2 Å². The third-order valence-electron chi connectivity index (χ3n) is 4.82. The summed E-state index contributed by atoms with van der Waals surface area (Å²) in [5.74, 6) is -0.108. The summed E-state index contributed by atoms with van der Waals surface area (Å²) in [6.07, 6.45) is 5.64. The monoisotopic (exact) mass is 369 g/mol. The molecule has 1 aromatic carbocycles. The first-order chi connectivity index (χ1) is 13.2. The van der Waals surface area contributed by atoms with Gasteiger partial charge in [-0.05, 0) is 36.0 Å². The number of hydrogen-bond acceptors (Lipinski definition) is 5. The molecule has 0 amide bonds. The maximum absolute atomic E-state index is 14.6. The summed E-state index contributed by atoms with van der Waals surface area (Å²) in [6.45, 7) is -0.278. The van der Waals surface area contributed by atoms with Gasteiger partial charge in [-0.2, -0.15) is 5.10 Å². The molecule has 0 saturated heterocycles. The number of hydrogen-bond donors (Lipinski definition) is 2. The number of H-pyrrole nitrogens is 1. The average molecular weight is 369 g/mol. The Morgan fingerprint density at radius 3 is 2.93 bits per heavy atom. The molecule has 0 atom stereocenters. The minimum Gasteiger partial charge on any atom is -0.394 e. The summed E-state index contributed by atoms with van der Waals surface area (Å²) in [5.41, 5.74) is 3.04. The van der Waals surface area contributed by atoms with E-state index in [1.165, 1.54) is 0 Å². The number of fused-ring (bicyclic) bond motifs is 1. The molecule has 2 heterocycles. The molecule has 1 aliphatic carbocycles. The van der Waals surface area contributed by atoms with Crippen LogP contribution < -0.4 is 0 Å². The molecule has 140 valence electrons. The van der Waals surface area contributed by atoms with Gasteiger partial charge in [-0.25, -0.2) is 4.39 Å². The van der Waals surface area contributed by atoms with Crippen molar-refractivity contribution in [2.45, 2.75) is 25.2 Å². The summed E-state index contributed by atoms with van der Waals surface area (Å²) in [7, 11) is 0. The van der Waals surface area contributed by atoms with Crippen molar-refractivity contribution in [1.29, 1.82) is 0 Å². The van der Waals surface area contributed by atoms with Crippen molar-refractivity contribution in [2.75, 3.05) is 19.8 Å². The predicted molar refractivity (Wildman–Crippen MR) is 97.3 cm³/mol. The summed E-state index contributed by atoms with van der Waals surface area (Å²) < 4.78 is 19.8. The Hall–Kier alpha value is -2.64. The van der Waals surface area contributed by atoms with Gasteiger partial charge >= 0.3 is 0 Å². The fourth-order valence-corrected chi connectivity index (χ4v) is 3.24. The van der Waals surface area contributed by atoms with Gasteiger partial charge in [0.25, 0.3) is 0 Å². The highest BCUT2D eigenvalue weighted by atomic mass is 19.1. The normalized spacial score (nSPS) is 14.0. The van der Waals surface area contributed by atoms with Crippen LogP contribution in [-0.2, 0) is 11.2 Å². The molecule has 2 N–H and O–H groups in total. The number of nitrogens with one attached hydrogen (secondary N) is 1. The largest absolute Gasteiger partial charge is 0.394 e. The molecule has 0 spiro atoms. The molecule has 3 aromatic rings. The van der Waals surface area contributed by atoms with E-state index in [1.54, 1.807) is 24.5 Å². The number of aromatic nitrogens is 3. The van der Waals surface area contributed by atoms with Crippen molar-refractivity contribution in [1.82, 2.24) is 15.2 Å². The summed E-state index contributed by atoms with van der Waals surface area (Å²) in [4.78, 5) is 16.8. The van der Waals surface area contributed by atoms with Crippen LogP contribution in [0.25, 0.3) is 10.9 Å². The molecule has 1 fully saturated rings. The van der Waals surface area contributed by atoms with Crippen LogP contribution in [0.3, 0.4) is 0 Å². The highest BCUT2D eigenvalue weighted by Gasteiger charge is 2.25. The molecule has 0 radical (unpaired) electrons. The fourth-order valence-electron chi connectivity index (χ4n) is 3.24. The molecule has 0 aliphatic heterocycles. The smallest absolute Gasteiger partial charge is 0.207 e. The molecule has 1 saturated carbocycles. The highest BCUT2D eigenvalue weighted by Crippen LogP contribution is 2.40. The van der Waals surface area contributed by atoms with Crippen molar-refractivity contribution in [2.24, 2.45) is 0 Å². The van der Waals surface area contributed by atoms with Crippen molar-refractivity contribution in [3.8, 4) is 0 Å². The molecular weight excluding hydrogens is 349 g/mol. The SMILES string of the molecule is O=C(COCCO)c1ncc2cn[nH]c2c1Cc1ccc(C2CC2)cc1F. The van der Waals surface area contributed by atoms with Gasteiger partial charge in [-0.1, -0.05) is 12.1 Å². The Morgan fingerprint density at radius 2 is 2.19 bits per heavy atom. The molecule has 7 heteroatoms. The summed E-state index contributed by atoms with van der Waals surface area (Å²) in [5, 5.41) is 16.5. The fraction of sp³-hybridized carbons (Fsp3) is 0.350. The highest BCUT2D eigenvalue weighted by molar-refractivity contribution is 6.00. The number of nitrogens with zero attached hydrogens (tertiary/aromatic N) is 2. The van der Waals surface area contributed by atoms with Crippen LogP contribution in [0.5, 0.6) is 0 Å². The minimum atomic E-state index is -0.315. The van der Waals surface area contributed by atoms with Crippen molar-refractivity contribution < 1.29 is 19.0 Å². The lowest BCUT2D eigenvalue weighted by Gasteiger charge is -2.11. The van der Waals surface area contributed by atoms with Crippen LogP contribution in [-0.4, -0.2) is 45.9 Å². The lowest BCUT2D eigenvalue weighted by Crippen LogP contribution is -2.16. The summed E-state index contributed by atoms with van der Waals surface area (Å²) in [6, 6.07) is 5.34. The number of carbonyl (C=O) groups is 1. The van der Waals surface area contributed by atoms with E-state index in [1.807, 2.05) is 6.07 Å². The number of halogens is 1. The number of benzene rings is 1. The molecule has 0 unspecified atom stereocenters. The predicted octanol–water partition coefficient (Wildman–Crippen LogP) is 2.76. The Balaban J connectivity index is 1.67. The van der Waals surface area contributed by atoms with Crippen molar-refractivity contribution in [3.63, 3.8) is 0 Å². The zero-order chi connectivity index (χ0) is 18.8. The Kier molecular flexibility index (Phi) is 4.96. The lowest BCUT2D eigenvalue weighted by atomic mass is 9.97. The Bertz CT molecular complexity index is 982. The third kappa shape index (κ3) is 3.74. The Morgan fingerprint density at radius 1 is 1.33 bits per heavy atom.